The Morgan fingerprint density at radius 1 is 1.24 bits per heavy atom. The second kappa shape index (κ2) is 7.22. The van der Waals surface area contributed by atoms with Gasteiger partial charge in [0.05, 0.1) is 11.7 Å². The largest absolute Gasteiger partial charge is 0.459 e. The number of benzene rings is 1. The smallest absolute Gasteiger partial charge is 0.338 e. The Labute approximate surface area is 125 Å². The molecule has 116 valence electrons. The molecule has 1 amide bonds. The third-order valence-electron chi connectivity index (χ3n) is 2.74. The number of rotatable bonds is 6. The molecule has 5 nitrogen and oxygen atoms in total. The van der Waals surface area contributed by atoms with Crippen LogP contribution in [0.4, 0.5) is 5.69 Å². The van der Waals surface area contributed by atoms with Crippen LogP contribution in [0.1, 0.15) is 50.9 Å². The summed E-state index contributed by atoms with van der Waals surface area (Å²) >= 11 is 0. The van der Waals surface area contributed by atoms with Crippen LogP contribution >= 0.6 is 0 Å². The quantitative estimate of drug-likeness (QED) is 0.790. The van der Waals surface area contributed by atoms with Crippen LogP contribution in [0.3, 0.4) is 0 Å². The number of ether oxygens (including phenoxy) is 1. The van der Waals surface area contributed by atoms with Crippen molar-refractivity contribution >= 4 is 17.6 Å². The van der Waals surface area contributed by atoms with Crippen LogP contribution in [0, 0.1) is 0 Å². The summed E-state index contributed by atoms with van der Waals surface area (Å²) < 4.78 is 5.09. The van der Waals surface area contributed by atoms with Crippen LogP contribution in [-0.2, 0) is 9.53 Å². The molecule has 0 spiro atoms. The molecule has 3 N–H and O–H groups in total. The molecular weight excluding hydrogens is 268 g/mol. The maximum absolute atomic E-state index is 11.8. The van der Waals surface area contributed by atoms with E-state index >= 15 is 0 Å². The molecule has 0 atom stereocenters. The van der Waals surface area contributed by atoms with Gasteiger partial charge < -0.3 is 15.8 Å². The molecule has 5 heteroatoms. The average Bonchev–Trinajstić information content (AvgIpc) is 2.35. The Balaban J connectivity index is 2.55. The Bertz CT molecular complexity index is 487. The molecule has 0 aliphatic carbocycles. The highest BCUT2D eigenvalue weighted by Crippen LogP contribution is 2.13. The maximum atomic E-state index is 11.8. The van der Waals surface area contributed by atoms with E-state index in [-0.39, 0.29) is 23.5 Å². The lowest BCUT2D eigenvalue weighted by atomic mass is 10.00. The topological polar surface area (TPSA) is 81.4 Å². The van der Waals surface area contributed by atoms with Gasteiger partial charge in [0, 0.05) is 17.6 Å². The number of esters is 1. The highest BCUT2D eigenvalue weighted by Gasteiger charge is 2.14. The van der Waals surface area contributed by atoms with Crippen molar-refractivity contribution in [2.24, 2.45) is 5.73 Å². The van der Waals surface area contributed by atoms with Gasteiger partial charge in [-0.05, 0) is 58.4 Å². The first-order valence-corrected chi connectivity index (χ1v) is 7.07. The van der Waals surface area contributed by atoms with Gasteiger partial charge in [-0.15, -0.1) is 0 Å². The average molecular weight is 292 g/mol. The molecule has 0 unspecified atom stereocenters. The summed E-state index contributed by atoms with van der Waals surface area (Å²) in [4.78, 5) is 23.4. The fourth-order valence-corrected chi connectivity index (χ4v) is 1.63. The van der Waals surface area contributed by atoms with Crippen LogP contribution in [0.5, 0.6) is 0 Å². The third kappa shape index (κ3) is 6.90. The lowest BCUT2D eigenvalue weighted by Gasteiger charge is -2.17. The molecule has 0 aromatic heterocycles. The number of amides is 1. The molecule has 0 aliphatic rings. The number of carbonyl (C=O) groups is 2. The minimum absolute atomic E-state index is 0.0916. The molecule has 21 heavy (non-hydrogen) atoms. The molecule has 1 aromatic rings. The fourth-order valence-electron chi connectivity index (χ4n) is 1.63. The minimum Gasteiger partial charge on any atom is -0.459 e. The lowest BCUT2D eigenvalue weighted by molar-refractivity contribution is -0.116. The number of hydrogen-bond acceptors (Lipinski definition) is 4. The van der Waals surface area contributed by atoms with E-state index in [0.717, 1.165) is 0 Å². The van der Waals surface area contributed by atoms with Crippen molar-refractivity contribution in [2.45, 2.75) is 52.2 Å². The van der Waals surface area contributed by atoms with Crippen LogP contribution < -0.4 is 11.1 Å². The van der Waals surface area contributed by atoms with Crippen LogP contribution in [0.2, 0.25) is 0 Å². The van der Waals surface area contributed by atoms with E-state index in [1.807, 2.05) is 13.8 Å². The van der Waals surface area contributed by atoms with Crippen molar-refractivity contribution < 1.29 is 14.3 Å². The SMILES string of the molecule is CC(C)OC(=O)c1ccc(NC(=O)CCC(C)(C)N)cc1. The first-order chi connectivity index (χ1) is 9.67. The Kier molecular flexibility index (Phi) is 5.90. The van der Waals surface area contributed by atoms with Gasteiger partial charge in [-0.2, -0.15) is 0 Å². The number of carbonyl (C=O) groups excluding carboxylic acids is 2. The Morgan fingerprint density at radius 3 is 2.29 bits per heavy atom. The van der Waals surface area contributed by atoms with Crippen molar-refractivity contribution in [1.82, 2.24) is 0 Å². The molecular formula is C16H24N2O3. The monoisotopic (exact) mass is 292 g/mol. The summed E-state index contributed by atoms with van der Waals surface area (Å²) in [6.45, 7) is 7.36. The maximum Gasteiger partial charge on any atom is 0.338 e. The summed E-state index contributed by atoms with van der Waals surface area (Å²) in [7, 11) is 0. The number of anilines is 1. The summed E-state index contributed by atoms with van der Waals surface area (Å²) in [6, 6.07) is 6.63. The molecule has 0 radical (unpaired) electrons. The van der Waals surface area contributed by atoms with Crippen LogP contribution in [-0.4, -0.2) is 23.5 Å². The summed E-state index contributed by atoms with van der Waals surface area (Å²) in [5, 5.41) is 2.77. The number of nitrogens with two attached hydrogens (primary N) is 1. The predicted molar refractivity (Wildman–Crippen MR) is 83.1 cm³/mol. The Morgan fingerprint density at radius 2 is 1.81 bits per heavy atom. The summed E-state index contributed by atoms with van der Waals surface area (Å²) in [6.07, 6.45) is 0.814. The van der Waals surface area contributed by atoms with Crippen LogP contribution in [0.25, 0.3) is 0 Å². The van der Waals surface area contributed by atoms with Crippen molar-refractivity contribution in [3.8, 4) is 0 Å². The zero-order valence-corrected chi connectivity index (χ0v) is 13.1. The third-order valence-corrected chi connectivity index (χ3v) is 2.74. The van der Waals surface area contributed by atoms with E-state index in [4.69, 9.17) is 10.5 Å². The molecule has 0 heterocycles. The van der Waals surface area contributed by atoms with Gasteiger partial charge in [-0.3, -0.25) is 4.79 Å². The van der Waals surface area contributed by atoms with Gasteiger partial charge in [0.2, 0.25) is 5.91 Å². The Hall–Kier alpha value is -1.88. The minimum atomic E-state index is -0.368. The zero-order valence-electron chi connectivity index (χ0n) is 13.1. The van der Waals surface area contributed by atoms with Gasteiger partial charge in [0.25, 0.3) is 0 Å². The first-order valence-electron chi connectivity index (χ1n) is 7.07. The van der Waals surface area contributed by atoms with Gasteiger partial charge in [-0.1, -0.05) is 0 Å². The van der Waals surface area contributed by atoms with E-state index < -0.39 is 0 Å². The standard InChI is InChI=1S/C16H24N2O3/c1-11(2)21-15(20)12-5-7-13(8-6-12)18-14(19)9-10-16(3,4)17/h5-8,11H,9-10,17H2,1-4H3,(H,18,19). The fraction of sp³-hybridized carbons (Fsp3) is 0.500. The molecule has 1 aromatic carbocycles. The normalized spacial score (nSPS) is 11.3. The second-order valence-corrected chi connectivity index (χ2v) is 6.07. The van der Waals surface area contributed by atoms with Gasteiger partial charge >= 0.3 is 5.97 Å². The highest BCUT2D eigenvalue weighted by molar-refractivity contribution is 5.93. The van der Waals surface area contributed by atoms with Crippen molar-refractivity contribution in [2.75, 3.05) is 5.32 Å². The van der Waals surface area contributed by atoms with Crippen LogP contribution in [0.15, 0.2) is 24.3 Å². The molecule has 0 fully saturated rings. The summed E-state index contributed by atoms with van der Waals surface area (Å²) in [5.74, 6) is -0.459. The predicted octanol–water partition coefficient (Wildman–Crippen LogP) is 2.71. The van der Waals surface area contributed by atoms with Gasteiger partial charge in [0.15, 0.2) is 0 Å². The zero-order chi connectivity index (χ0) is 16.0. The van der Waals surface area contributed by atoms with E-state index in [9.17, 15) is 9.59 Å². The van der Waals surface area contributed by atoms with Gasteiger partial charge in [0.1, 0.15) is 0 Å². The molecule has 0 aliphatic heterocycles. The van der Waals surface area contributed by atoms with Crippen molar-refractivity contribution in [1.29, 1.82) is 0 Å². The first kappa shape index (κ1) is 17.2. The van der Waals surface area contributed by atoms with E-state index in [1.54, 1.807) is 38.1 Å². The molecule has 0 saturated heterocycles. The van der Waals surface area contributed by atoms with E-state index in [1.165, 1.54) is 0 Å². The number of nitrogens with one attached hydrogen (secondary N) is 1. The molecule has 1 rings (SSSR count). The van der Waals surface area contributed by atoms with E-state index in [0.29, 0.717) is 24.1 Å². The lowest BCUT2D eigenvalue weighted by Crippen LogP contribution is -2.33. The summed E-state index contributed by atoms with van der Waals surface area (Å²) in [5.41, 5.74) is 6.59. The second-order valence-electron chi connectivity index (χ2n) is 6.07. The number of hydrogen-bond donors (Lipinski definition) is 2. The van der Waals surface area contributed by atoms with Gasteiger partial charge in [-0.25, -0.2) is 4.79 Å². The molecule has 0 bridgehead atoms. The molecule has 0 saturated carbocycles. The van der Waals surface area contributed by atoms with E-state index in [2.05, 4.69) is 5.32 Å². The van der Waals surface area contributed by atoms with Crippen molar-refractivity contribution in [3.63, 3.8) is 0 Å². The van der Waals surface area contributed by atoms with Crippen molar-refractivity contribution in [3.05, 3.63) is 29.8 Å². The highest BCUT2D eigenvalue weighted by atomic mass is 16.5.